The van der Waals surface area contributed by atoms with Gasteiger partial charge < -0.3 is 10.2 Å². The van der Waals surface area contributed by atoms with Gasteiger partial charge in [-0.3, -0.25) is 9.59 Å². The lowest BCUT2D eigenvalue weighted by Gasteiger charge is -2.19. The third-order valence-electron chi connectivity index (χ3n) is 5.01. The summed E-state index contributed by atoms with van der Waals surface area (Å²) in [6.07, 6.45) is 1.09. The number of para-hydroxylation sites is 1. The van der Waals surface area contributed by atoms with Gasteiger partial charge in [-0.25, -0.2) is 8.42 Å². The number of rotatable bonds is 4. The molecule has 3 rings (SSSR count). The molecule has 2 amide bonds. The highest BCUT2D eigenvalue weighted by Crippen LogP contribution is 2.35. The van der Waals surface area contributed by atoms with Gasteiger partial charge in [0.05, 0.1) is 10.6 Å². The second-order valence-electron chi connectivity index (χ2n) is 7.48. The van der Waals surface area contributed by atoms with E-state index in [1.165, 1.54) is 12.1 Å². The van der Waals surface area contributed by atoms with Crippen molar-refractivity contribution in [1.29, 1.82) is 0 Å². The summed E-state index contributed by atoms with van der Waals surface area (Å²) < 4.78 is 24.0. The molecule has 6 nitrogen and oxygen atoms in total. The number of anilines is 1. The molecule has 1 saturated heterocycles. The number of sulfone groups is 1. The number of hydrogen-bond acceptors (Lipinski definition) is 4. The van der Waals surface area contributed by atoms with Crippen LogP contribution in [0, 0.1) is 19.8 Å². The Kier molecular flexibility index (Phi) is 5.30. The van der Waals surface area contributed by atoms with Crippen LogP contribution in [0.3, 0.4) is 0 Å². The Bertz CT molecular complexity index is 1030. The third kappa shape index (κ3) is 3.94. The van der Waals surface area contributed by atoms with Crippen LogP contribution in [0.15, 0.2) is 47.4 Å². The molecular weight excluding hydrogens is 376 g/mol. The minimum Gasteiger partial charge on any atom is -0.344 e. The predicted octanol–water partition coefficient (Wildman–Crippen LogP) is 2.52. The van der Waals surface area contributed by atoms with Gasteiger partial charge in [-0.15, -0.1) is 0 Å². The number of carbonyl (C=O) groups excluding carboxylic acids is 2. The average Bonchev–Trinajstić information content (AvgIpc) is 2.89. The molecule has 1 fully saturated rings. The van der Waals surface area contributed by atoms with Crippen LogP contribution in [0.25, 0.3) is 0 Å². The number of nitrogens with zero attached hydrogens (tertiary/aromatic N) is 1. The highest BCUT2D eigenvalue weighted by molar-refractivity contribution is 7.90. The van der Waals surface area contributed by atoms with E-state index < -0.39 is 21.7 Å². The average molecular weight is 401 g/mol. The Hall–Kier alpha value is -2.67. The van der Waals surface area contributed by atoms with E-state index in [1.807, 2.05) is 32.0 Å². The van der Waals surface area contributed by atoms with Gasteiger partial charge in [-0.2, -0.15) is 0 Å². The number of likely N-dealkylation sites (tertiary alicyclic amines) is 1. The van der Waals surface area contributed by atoms with E-state index in [-0.39, 0.29) is 22.4 Å². The first kappa shape index (κ1) is 20.1. The molecule has 2 aromatic carbocycles. The van der Waals surface area contributed by atoms with Crippen molar-refractivity contribution in [2.75, 3.05) is 25.2 Å². The predicted molar refractivity (Wildman–Crippen MR) is 108 cm³/mol. The number of likely N-dealkylation sites (N-methyl/N-ethyl adjacent to an activating group) is 1. The van der Waals surface area contributed by atoms with Crippen LogP contribution in [0.4, 0.5) is 5.69 Å². The summed E-state index contributed by atoms with van der Waals surface area (Å²) in [5.74, 6) is -1.95. The highest BCUT2D eigenvalue weighted by Gasteiger charge is 2.44. The first-order valence-electron chi connectivity index (χ1n) is 9.01. The zero-order valence-electron chi connectivity index (χ0n) is 16.4. The van der Waals surface area contributed by atoms with Crippen molar-refractivity contribution in [1.82, 2.24) is 4.90 Å². The molecule has 2 aromatic rings. The molecular formula is C21H24N2O4S. The fraction of sp³-hybridized carbons (Fsp3) is 0.333. The summed E-state index contributed by atoms with van der Waals surface area (Å²) in [5.41, 5.74) is 3.26. The topological polar surface area (TPSA) is 83.6 Å². The van der Waals surface area contributed by atoms with Crippen molar-refractivity contribution in [2.45, 2.75) is 24.7 Å². The van der Waals surface area contributed by atoms with Gasteiger partial charge in [0.1, 0.15) is 5.92 Å². The first-order valence-corrected chi connectivity index (χ1v) is 10.9. The number of amides is 2. The fourth-order valence-electron chi connectivity index (χ4n) is 3.82. The number of hydrogen-bond donors (Lipinski definition) is 1. The zero-order chi connectivity index (χ0) is 20.6. The summed E-state index contributed by atoms with van der Waals surface area (Å²) in [4.78, 5) is 27.4. The molecule has 0 bridgehead atoms. The standard InChI is InChI=1S/C21H24N2O4S/c1-13-9-14(2)11-15(10-13)16-12-23(3)21(25)19(16)20(24)22-17-7-5-6-8-18(17)28(4,26)27/h5-11,16,19H,12H2,1-4H3,(H,22,24)/t16-,19+/m1/s1. The Morgan fingerprint density at radius 2 is 1.71 bits per heavy atom. The number of carbonyl (C=O) groups is 2. The van der Waals surface area contributed by atoms with Gasteiger partial charge in [0.2, 0.25) is 11.8 Å². The van der Waals surface area contributed by atoms with Crippen LogP contribution in [0.1, 0.15) is 22.6 Å². The van der Waals surface area contributed by atoms with E-state index in [0.717, 1.165) is 22.9 Å². The molecule has 1 N–H and O–H groups in total. The largest absolute Gasteiger partial charge is 0.344 e. The van der Waals surface area contributed by atoms with E-state index in [9.17, 15) is 18.0 Å². The lowest BCUT2D eigenvalue weighted by molar-refractivity contribution is -0.135. The zero-order valence-corrected chi connectivity index (χ0v) is 17.2. The van der Waals surface area contributed by atoms with Crippen molar-refractivity contribution in [3.63, 3.8) is 0 Å². The van der Waals surface area contributed by atoms with Crippen LogP contribution in [-0.2, 0) is 19.4 Å². The van der Waals surface area contributed by atoms with Gasteiger partial charge in [0.15, 0.2) is 9.84 Å². The molecule has 0 radical (unpaired) electrons. The molecule has 148 valence electrons. The molecule has 0 aliphatic carbocycles. The summed E-state index contributed by atoms with van der Waals surface area (Å²) in [6, 6.07) is 12.2. The lowest BCUT2D eigenvalue weighted by atomic mass is 9.86. The maximum atomic E-state index is 13.1. The van der Waals surface area contributed by atoms with Crippen molar-refractivity contribution < 1.29 is 18.0 Å². The van der Waals surface area contributed by atoms with Gasteiger partial charge in [0, 0.05) is 25.8 Å². The Labute approximate surface area is 165 Å². The highest BCUT2D eigenvalue weighted by atomic mass is 32.2. The van der Waals surface area contributed by atoms with Crippen molar-refractivity contribution in [3.8, 4) is 0 Å². The van der Waals surface area contributed by atoms with Crippen LogP contribution in [0.5, 0.6) is 0 Å². The molecule has 0 saturated carbocycles. The van der Waals surface area contributed by atoms with Crippen molar-refractivity contribution in [3.05, 3.63) is 59.2 Å². The Balaban J connectivity index is 1.96. The second-order valence-corrected chi connectivity index (χ2v) is 9.47. The quantitative estimate of drug-likeness (QED) is 0.800. The van der Waals surface area contributed by atoms with Gasteiger partial charge in [-0.1, -0.05) is 41.5 Å². The van der Waals surface area contributed by atoms with Gasteiger partial charge in [0.25, 0.3) is 0 Å². The maximum Gasteiger partial charge on any atom is 0.237 e. The van der Waals surface area contributed by atoms with Crippen molar-refractivity contribution in [2.24, 2.45) is 5.92 Å². The van der Waals surface area contributed by atoms with E-state index in [0.29, 0.717) is 6.54 Å². The monoisotopic (exact) mass is 400 g/mol. The summed E-state index contributed by atoms with van der Waals surface area (Å²) in [6.45, 7) is 4.40. The molecule has 1 heterocycles. The van der Waals surface area contributed by atoms with E-state index in [2.05, 4.69) is 5.32 Å². The van der Waals surface area contributed by atoms with Crippen LogP contribution in [0.2, 0.25) is 0 Å². The van der Waals surface area contributed by atoms with Gasteiger partial charge in [-0.05, 0) is 31.5 Å². The fourth-order valence-corrected chi connectivity index (χ4v) is 4.66. The number of nitrogens with one attached hydrogen (secondary N) is 1. The molecule has 0 unspecified atom stereocenters. The normalized spacial score (nSPS) is 19.7. The minimum absolute atomic E-state index is 0.0325. The second kappa shape index (κ2) is 7.39. The first-order chi connectivity index (χ1) is 13.1. The van der Waals surface area contributed by atoms with Crippen molar-refractivity contribution >= 4 is 27.3 Å². The lowest BCUT2D eigenvalue weighted by Crippen LogP contribution is -2.33. The maximum absolute atomic E-state index is 13.1. The summed E-state index contributed by atoms with van der Waals surface area (Å²) >= 11 is 0. The third-order valence-corrected chi connectivity index (χ3v) is 6.17. The molecule has 28 heavy (non-hydrogen) atoms. The van der Waals surface area contributed by atoms with E-state index in [4.69, 9.17) is 0 Å². The van der Waals surface area contributed by atoms with Crippen LogP contribution in [-0.4, -0.2) is 45.0 Å². The van der Waals surface area contributed by atoms with Gasteiger partial charge >= 0.3 is 0 Å². The molecule has 2 atom stereocenters. The molecule has 7 heteroatoms. The number of aryl methyl sites for hydroxylation is 2. The summed E-state index contributed by atoms with van der Waals surface area (Å²) in [5, 5.41) is 2.67. The Morgan fingerprint density at radius 1 is 1.11 bits per heavy atom. The minimum atomic E-state index is -3.51. The molecule has 0 spiro atoms. The van der Waals surface area contributed by atoms with Crippen LogP contribution < -0.4 is 5.32 Å². The summed E-state index contributed by atoms with van der Waals surface area (Å²) in [7, 11) is -1.84. The van der Waals surface area contributed by atoms with Crippen LogP contribution >= 0.6 is 0 Å². The smallest absolute Gasteiger partial charge is 0.237 e. The molecule has 0 aromatic heterocycles. The SMILES string of the molecule is Cc1cc(C)cc([C@H]2CN(C)C(=O)[C@@H]2C(=O)Nc2ccccc2S(C)(=O)=O)c1. The van der Waals surface area contributed by atoms with E-state index in [1.54, 1.807) is 24.1 Å². The molecule has 1 aliphatic rings. The van der Waals surface area contributed by atoms with E-state index >= 15 is 0 Å². The molecule has 1 aliphatic heterocycles. The Morgan fingerprint density at radius 3 is 2.32 bits per heavy atom. The number of benzene rings is 2.